The van der Waals surface area contributed by atoms with E-state index in [0.717, 1.165) is 15.8 Å². The number of amides is 1. The first kappa shape index (κ1) is 20.1. The van der Waals surface area contributed by atoms with E-state index in [1.807, 2.05) is 31.2 Å². The van der Waals surface area contributed by atoms with E-state index in [0.29, 0.717) is 20.9 Å². The van der Waals surface area contributed by atoms with E-state index < -0.39 is 11.2 Å². The largest absolute Gasteiger partial charge is 0.336 e. The third kappa shape index (κ3) is 3.58. The molecule has 0 spiro atoms. The lowest BCUT2D eigenvalue weighted by Gasteiger charge is -2.19. The third-order valence-corrected chi connectivity index (χ3v) is 6.00. The first-order valence-corrected chi connectivity index (χ1v) is 10.4. The van der Waals surface area contributed by atoms with Crippen LogP contribution >= 0.6 is 22.9 Å². The van der Waals surface area contributed by atoms with Crippen LogP contribution in [0.1, 0.15) is 5.56 Å². The Hall–Kier alpha value is -3.16. The van der Waals surface area contributed by atoms with Crippen molar-refractivity contribution in [3.8, 4) is 5.69 Å². The molecule has 0 saturated heterocycles. The molecule has 6 nitrogen and oxygen atoms in total. The number of hydrogen-bond donors (Lipinski definition) is 0. The number of fused-ring (bicyclic) bond motifs is 1. The Morgan fingerprint density at radius 1 is 1.10 bits per heavy atom. The van der Waals surface area contributed by atoms with Crippen LogP contribution in [0.25, 0.3) is 15.9 Å². The van der Waals surface area contributed by atoms with Gasteiger partial charge in [-0.2, -0.15) is 0 Å². The number of carbonyl (C=O) groups is 1. The average molecular weight is 440 g/mol. The molecule has 0 radical (unpaired) electrons. The molecule has 2 aromatic heterocycles. The summed E-state index contributed by atoms with van der Waals surface area (Å²) in [6.45, 7) is 1.75. The first-order valence-electron chi connectivity index (χ1n) is 9.19. The predicted octanol–water partition coefficient (Wildman–Crippen LogP) is 3.84. The van der Waals surface area contributed by atoms with Gasteiger partial charge in [0.1, 0.15) is 11.2 Å². The summed E-state index contributed by atoms with van der Waals surface area (Å²) < 4.78 is 2.80. The minimum Gasteiger partial charge on any atom is -0.314 e. The molecule has 0 aliphatic carbocycles. The van der Waals surface area contributed by atoms with Gasteiger partial charge in [0.25, 0.3) is 5.56 Å². The Morgan fingerprint density at radius 3 is 2.60 bits per heavy atom. The van der Waals surface area contributed by atoms with Gasteiger partial charge in [0.2, 0.25) is 5.91 Å². The van der Waals surface area contributed by atoms with Crippen LogP contribution in [0, 0.1) is 6.92 Å². The average Bonchev–Trinajstić information content (AvgIpc) is 3.21. The van der Waals surface area contributed by atoms with E-state index in [9.17, 15) is 14.4 Å². The quantitative estimate of drug-likeness (QED) is 0.485. The van der Waals surface area contributed by atoms with Gasteiger partial charge in [-0.05, 0) is 54.3 Å². The molecule has 0 bridgehead atoms. The van der Waals surface area contributed by atoms with Gasteiger partial charge < -0.3 is 4.90 Å². The second-order valence-electron chi connectivity index (χ2n) is 6.92. The fourth-order valence-corrected chi connectivity index (χ4v) is 4.31. The van der Waals surface area contributed by atoms with Crippen molar-refractivity contribution in [1.29, 1.82) is 0 Å². The van der Waals surface area contributed by atoms with Crippen molar-refractivity contribution in [2.45, 2.75) is 13.5 Å². The molecule has 1 amide bonds. The maximum absolute atomic E-state index is 13.3. The van der Waals surface area contributed by atoms with Crippen molar-refractivity contribution in [2.75, 3.05) is 11.9 Å². The van der Waals surface area contributed by atoms with E-state index in [1.54, 1.807) is 42.8 Å². The molecule has 8 heteroatoms. The lowest BCUT2D eigenvalue weighted by molar-refractivity contribution is -0.118. The SMILES string of the molecule is Cc1cccc(N(C)C(=O)Cn2c(=O)n(-c3cccc(Cl)c3)c(=O)c3sccc32)c1. The number of anilines is 1. The zero-order chi connectivity index (χ0) is 21.4. The number of nitrogens with zero attached hydrogens (tertiary/aromatic N) is 3. The van der Waals surface area contributed by atoms with Crippen molar-refractivity contribution in [3.63, 3.8) is 0 Å². The van der Waals surface area contributed by atoms with Gasteiger partial charge in [0, 0.05) is 17.8 Å². The maximum atomic E-state index is 13.3. The van der Waals surface area contributed by atoms with Crippen LogP contribution in [0.4, 0.5) is 5.69 Å². The second kappa shape index (κ2) is 7.93. The Morgan fingerprint density at radius 2 is 1.87 bits per heavy atom. The van der Waals surface area contributed by atoms with E-state index in [2.05, 4.69) is 0 Å². The number of likely N-dealkylation sites (N-methyl/N-ethyl adjacent to an activating group) is 1. The standard InChI is InChI=1S/C22H18ClN3O3S/c1-14-5-3-7-16(11-14)24(2)19(27)13-25-18-9-10-30-20(18)21(28)26(22(25)29)17-8-4-6-15(23)12-17/h3-12H,13H2,1-2H3. The smallest absolute Gasteiger partial charge is 0.314 e. The van der Waals surface area contributed by atoms with E-state index in [1.165, 1.54) is 20.8 Å². The predicted molar refractivity (Wildman–Crippen MR) is 121 cm³/mol. The molecule has 4 aromatic rings. The summed E-state index contributed by atoms with van der Waals surface area (Å²) in [5.74, 6) is -0.272. The number of rotatable bonds is 4. The molecule has 0 N–H and O–H groups in total. The highest BCUT2D eigenvalue weighted by Gasteiger charge is 2.19. The van der Waals surface area contributed by atoms with Crippen LogP contribution in [-0.4, -0.2) is 22.1 Å². The first-order chi connectivity index (χ1) is 14.4. The number of aryl methyl sites for hydroxylation is 1. The minimum atomic E-state index is -0.584. The van der Waals surface area contributed by atoms with E-state index >= 15 is 0 Å². The third-order valence-electron chi connectivity index (χ3n) is 4.88. The highest BCUT2D eigenvalue weighted by atomic mass is 35.5. The van der Waals surface area contributed by atoms with Crippen molar-refractivity contribution >= 4 is 44.7 Å². The summed E-state index contributed by atoms with van der Waals surface area (Å²) in [6, 6.07) is 15.8. The lowest BCUT2D eigenvalue weighted by atomic mass is 10.2. The summed E-state index contributed by atoms with van der Waals surface area (Å²) in [5.41, 5.74) is 1.55. The van der Waals surface area contributed by atoms with Crippen LogP contribution in [0.5, 0.6) is 0 Å². The summed E-state index contributed by atoms with van der Waals surface area (Å²) >= 11 is 7.29. The van der Waals surface area contributed by atoms with Crippen molar-refractivity contribution < 1.29 is 4.79 Å². The van der Waals surface area contributed by atoms with E-state index in [-0.39, 0.29) is 12.5 Å². The van der Waals surface area contributed by atoms with Crippen LogP contribution in [0.2, 0.25) is 5.02 Å². The highest BCUT2D eigenvalue weighted by Crippen LogP contribution is 2.19. The fraction of sp³-hybridized carbons (Fsp3) is 0.136. The van der Waals surface area contributed by atoms with Crippen LogP contribution in [0.15, 0.2) is 69.6 Å². The molecule has 152 valence electrons. The van der Waals surface area contributed by atoms with Crippen LogP contribution < -0.4 is 16.1 Å². The molecule has 2 heterocycles. The lowest BCUT2D eigenvalue weighted by Crippen LogP contribution is -2.41. The molecular formula is C22H18ClN3O3S. The molecule has 0 saturated carbocycles. The molecule has 0 atom stereocenters. The van der Waals surface area contributed by atoms with Gasteiger partial charge in [-0.3, -0.25) is 14.2 Å². The van der Waals surface area contributed by atoms with Gasteiger partial charge in [-0.15, -0.1) is 11.3 Å². The van der Waals surface area contributed by atoms with Gasteiger partial charge in [0.15, 0.2) is 0 Å². The summed E-state index contributed by atoms with van der Waals surface area (Å²) in [5, 5.41) is 2.14. The van der Waals surface area contributed by atoms with Crippen LogP contribution in [-0.2, 0) is 11.3 Å². The normalized spacial score (nSPS) is 11.0. The van der Waals surface area contributed by atoms with Gasteiger partial charge in [-0.25, -0.2) is 9.36 Å². The highest BCUT2D eigenvalue weighted by molar-refractivity contribution is 7.17. The molecule has 0 aliphatic heterocycles. The zero-order valence-electron chi connectivity index (χ0n) is 16.3. The Bertz CT molecular complexity index is 1390. The van der Waals surface area contributed by atoms with Gasteiger partial charge >= 0.3 is 5.69 Å². The number of aromatic nitrogens is 2. The molecule has 0 unspecified atom stereocenters. The summed E-state index contributed by atoms with van der Waals surface area (Å²) in [6.07, 6.45) is 0. The Labute approximate surface area is 181 Å². The Kier molecular flexibility index (Phi) is 5.32. The molecule has 30 heavy (non-hydrogen) atoms. The number of thiophene rings is 1. The maximum Gasteiger partial charge on any atom is 0.336 e. The minimum absolute atomic E-state index is 0.197. The van der Waals surface area contributed by atoms with Gasteiger partial charge in [0.05, 0.1) is 11.2 Å². The van der Waals surface area contributed by atoms with E-state index in [4.69, 9.17) is 11.6 Å². The molecular weight excluding hydrogens is 422 g/mol. The number of hydrogen-bond acceptors (Lipinski definition) is 4. The number of benzene rings is 2. The topological polar surface area (TPSA) is 64.3 Å². The number of carbonyl (C=O) groups excluding carboxylic acids is 1. The van der Waals surface area contributed by atoms with Crippen molar-refractivity contribution in [3.05, 3.63) is 91.4 Å². The second-order valence-corrected chi connectivity index (χ2v) is 8.27. The summed E-state index contributed by atoms with van der Waals surface area (Å²) in [4.78, 5) is 40.7. The molecule has 0 fully saturated rings. The molecule has 0 aliphatic rings. The number of halogens is 1. The Balaban J connectivity index is 1.83. The molecule has 4 rings (SSSR count). The van der Waals surface area contributed by atoms with Crippen molar-refractivity contribution in [2.24, 2.45) is 0 Å². The monoisotopic (exact) mass is 439 g/mol. The molecule has 2 aromatic carbocycles. The zero-order valence-corrected chi connectivity index (χ0v) is 17.9. The van der Waals surface area contributed by atoms with Crippen molar-refractivity contribution in [1.82, 2.24) is 9.13 Å². The summed E-state index contributed by atoms with van der Waals surface area (Å²) in [7, 11) is 1.67. The van der Waals surface area contributed by atoms with Crippen LogP contribution in [0.3, 0.4) is 0 Å². The fourth-order valence-electron chi connectivity index (χ4n) is 3.30. The van der Waals surface area contributed by atoms with Gasteiger partial charge in [-0.1, -0.05) is 29.8 Å².